The first-order valence-corrected chi connectivity index (χ1v) is 11.3. The summed E-state index contributed by atoms with van der Waals surface area (Å²) in [5.41, 5.74) is 0.432. The molecule has 1 amide bonds. The van der Waals surface area contributed by atoms with Gasteiger partial charge in [-0.1, -0.05) is 39.0 Å². The quantitative estimate of drug-likeness (QED) is 0.602. The number of aromatic nitrogens is 2. The summed E-state index contributed by atoms with van der Waals surface area (Å²) in [6.07, 6.45) is 0.495. The normalized spacial score (nSPS) is 17.8. The van der Waals surface area contributed by atoms with Gasteiger partial charge in [0.25, 0.3) is 5.91 Å². The minimum absolute atomic E-state index is 0.00318. The Balaban J connectivity index is 2.12. The topological polar surface area (TPSA) is 57.8 Å². The number of amides is 1. The number of halogens is 3. The molecule has 186 valence electrons. The van der Waals surface area contributed by atoms with E-state index < -0.39 is 17.6 Å². The van der Waals surface area contributed by atoms with Crippen LogP contribution in [0, 0.1) is 0 Å². The lowest BCUT2D eigenvalue weighted by molar-refractivity contribution is -0.137. The molecule has 1 aliphatic heterocycles. The molecule has 0 saturated carbocycles. The highest BCUT2D eigenvalue weighted by molar-refractivity contribution is 5.98. The van der Waals surface area contributed by atoms with Crippen molar-refractivity contribution in [3.8, 4) is 0 Å². The number of alkyl halides is 3. The van der Waals surface area contributed by atoms with Crippen LogP contribution in [0.3, 0.4) is 0 Å². The van der Waals surface area contributed by atoms with E-state index in [2.05, 4.69) is 25.8 Å². The Morgan fingerprint density at radius 2 is 2.00 bits per heavy atom. The number of benzene rings is 1. The van der Waals surface area contributed by atoms with Crippen LogP contribution in [0.1, 0.15) is 60.8 Å². The molecular weight excluding hydrogens is 447 g/mol. The van der Waals surface area contributed by atoms with Gasteiger partial charge in [0.2, 0.25) is 0 Å². The number of nitrogens with zero attached hydrogens (tertiary/aromatic N) is 3. The molecular formula is C25H32F3N3O3. The van der Waals surface area contributed by atoms with Gasteiger partial charge in [0.1, 0.15) is 0 Å². The molecule has 0 bridgehead atoms. The zero-order valence-electron chi connectivity index (χ0n) is 20.3. The lowest BCUT2D eigenvalue weighted by atomic mass is 9.92. The van der Waals surface area contributed by atoms with Crippen LogP contribution in [0.4, 0.5) is 13.2 Å². The average molecular weight is 480 g/mol. The number of carbonyl (C=O) groups excluding carboxylic acids is 1. The molecule has 2 aromatic rings. The number of hydrogen-bond acceptors (Lipinski definition) is 3. The standard InChI is InChI=1S/C25H32F3N3O3/c1-24(2,3)21-15-22(31(30(21)4)16-19-9-7-13-34-19)29-23(32)20-14-18(25(26,27)28)11-10-17(20)8-6-12-33-5/h6,8,10-11,14-15,19H,7,9,12-13,16H2,1-5H3/b8-6+,29-22?/t19-/m1/s1. The van der Waals surface area contributed by atoms with Crippen LogP contribution in [0.15, 0.2) is 35.3 Å². The molecule has 1 aliphatic rings. The van der Waals surface area contributed by atoms with Gasteiger partial charge in [0.15, 0.2) is 5.49 Å². The first kappa shape index (κ1) is 26.0. The van der Waals surface area contributed by atoms with Crippen molar-refractivity contribution < 1.29 is 27.4 Å². The zero-order chi connectivity index (χ0) is 25.1. The van der Waals surface area contributed by atoms with Crippen LogP contribution in [-0.4, -0.2) is 41.7 Å². The molecule has 34 heavy (non-hydrogen) atoms. The molecule has 0 radical (unpaired) electrons. The lowest BCUT2D eigenvalue weighted by Gasteiger charge is -2.21. The second kappa shape index (κ2) is 10.3. The second-order valence-corrected chi connectivity index (χ2v) is 9.45. The second-order valence-electron chi connectivity index (χ2n) is 9.45. The highest BCUT2D eigenvalue weighted by Crippen LogP contribution is 2.31. The monoisotopic (exact) mass is 479 g/mol. The molecule has 1 aromatic carbocycles. The van der Waals surface area contributed by atoms with Crippen LogP contribution in [0.2, 0.25) is 0 Å². The summed E-state index contributed by atoms with van der Waals surface area (Å²) in [6, 6.07) is 4.92. The minimum atomic E-state index is -4.57. The Morgan fingerprint density at radius 1 is 1.26 bits per heavy atom. The maximum atomic E-state index is 13.4. The summed E-state index contributed by atoms with van der Waals surface area (Å²) in [5.74, 6) is -0.740. The van der Waals surface area contributed by atoms with Crippen LogP contribution >= 0.6 is 0 Å². The highest BCUT2D eigenvalue weighted by Gasteiger charge is 2.32. The van der Waals surface area contributed by atoms with Crippen molar-refractivity contribution in [3.63, 3.8) is 0 Å². The van der Waals surface area contributed by atoms with E-state index >= 15 is 0 Å². The maximum Gasteiger partial charge on any atom is 0.416 e. The van der Waals surface area contributed by atoms with E-state index in [9.17, 15) is 18.0 Å². The maximum absolute atomic E-state index is 13.4. The summed E-state index contributed by atoms with van der Waals surface area (Å²) < 4.78 is 54.7. The van der Waals surface area contributed by atoms with E-state index in [4.69, 9.17) is 9.47 Å². The molecule has 9 heteroatoms. The Morgan fingerprint density at radius 3 is 2.59 bits per heavy atom. The van der Waals surface area contributed by atoms with Crippen molar-refractivity contribution >= 4 is 12.0 Å². The number of carbonyl (C=O) groups is 1. The van der Waals surface area contributed by atoms with Crippen LogP contribution < -0.4 is 5.49 Å². The first-order chi connectivity index (χ1) is 15.9. The predicted molar refractivity (Wildman–Crippen MR) is 123 cm³/mol. The number of hydrogen-bond donors (Lipinski definition) is 0. The summed E-state index contributed by atoms with van der Waals surface area (Å²) >= 11 is 0. The number of rotatable bonds is 6. The summed E-state index contributed by atoms with van der Waals surface area (Å²) in [6.45, 7) is 7.61. The predicted octanol–water partition coefficient (Wildman–Crippen LogP) is 4.72. The van der Waals surface area contributed by atoms with E-state index in [-0.39, 0.29) is 23.7 Å². The van der Waals surface area contributed by atoms with E-state index in [1.54, 1.807) is 12.2 Å². The van der Waals surface area contributed by atoms with Crippen LogP contribution in [0.5, 0.6) is 0 Å². The van der Waals surface area contributed by atoms with E-state index in [0.29, 0.717) is 24.2 Å². The number of ether oxygens (including phenoxy) is 2. The summed E-state index contributed by atoms with van der Waals surface area (Å²) in [4.78, 5) is 17.5. The molecule has 1 saturated heterocycles. The molecule has 0 N–H and O–H groups in total. The smallest absolute Gasteiger partial charge is 0.381 e. The van der Waals surface area contributed by atoms with Gasteiger partial charge in [0.05, 0.1) is 24.8 Å². The minimum Gasteiger partial charge on any atom is -0.381 e. The fourth-order valence-corrected chi connectivity index (χ4v) is 4.06. The van der Waals surface area contributed by atoms with E-state index in [1.165, 1.54) is 13.2 Å². The van der Waals surface area contributed by atoms with E-state index in [0.717, 1.165) is 30.7 Å². The highest BCUT2D eigenvalue weighted by atomic mass is 19.4. The van der Waals surface area contributed by atoms with Crippen molar-refractivity contribution in [2.75, 3.05) is 20.3 Å². The van der Waals surface area contributed by atoms with Crippen LogP contribution in [-0.2, 0) is 34.7 Å². The molecule has 1 fully saturated rings. The third-order valence-corrected chi connectivity index (χ3v) is 5.80. The van der Waals surface area contributed by atoms with Gasteiger partial charge in [-0.3, -0.25) is 14.2 Å². The molecule has 6 nitrogen and oxygen atoms in total. The fraction of sp³-hybridized carbons (Fsp3) is 0.520. The van der Waals surface area contributed by atoms with Gasteiger partial charge < -0.3 is 9.47 Å². The van der Waals surface area contributed by atoms with Gasteiger partial charge in [0, 0.05) is 43.5 Å². The van der Waals surface area contributed by atoms with Crippen molar-refractivity contribution in [2.45, 2.75) is 57.9 Å². The van der Waals surface area contributed by atoms with Crippen molar-refractivity contribution in [1.82, 2.24) is 9.36 Å². The van der Waals surface area contributed by atoms with Gasteiger partial charge >= 0.3 is 6.18 Å². The van der Waals surface area contributed by atoms with E-state index in [1.807, 2.05) is 22.5 Å². The molecule has 2 heterocycles. The zero-order valence-corrected chi connectivity index (χ0v) is 20.3. The molecule has 0 spiro atoms. The Bertz CT molecular complexity index is 1120. The fourth-order valence-electron chi connectivity index (χ4n) is 4.06. The van der Waals surface area contributed by atoms with Crippen molar-refractivity contribution in [3.05, 3.63) is 58.2 Å². The van der Waals surface area contributed by atoms with Gasteiger partial charge in [-0.25, -0.2) is 0 Å². The van der Waals surface area contributed by atoms with Gasteiger partial charge in [-0.15, -0.1) is 0 Å². The summed E-state index contributed by atoms with van der Waals surface area (Å²) in [5, 5.41) is 0. The Kier molecular flexibility index (Phi) is 7.88. The van der Waals surface area contributed by atoms with Gasteiger partial charge in [-0.2, -0.15) is 18.2 Å². The third kappa shape index (κ3) is 6.07. The molecule has 1 aromatic heterocycles. The molecule has 3 rings (SSSR count). The van der Waals surface area contributed by atoms with Crippen molar-refractivity contribution in [2.24, 2.45) is 12.0 Å². The molecule has 0 aliphatic carbocycles. The molecule has 1 atom stereocenters. The summed E-state index contributed by atoms with van der Waals surface area (Å²) in [7, 11) is 3.40. The first-order valence-electron chi connectivity index (χ1n) is 11.3. The number of methoxy groups -OCH3 is 1. The SMILES string of the molecule is COC/C=C/c1ccc(C(F)(F)F)cc1C(=O)N=c1cc(C(C)(C)C)n(C)n1C[C@H]1CCCO1. The van der Waals surface area contributed by atoms with Crippen molar-refractivity contribution in [1.29, 1.82) is 0 Å². The average Bonchev–Trinajstić information content (AvgIpc) is 3.37. The van der Waals surface area contributed by atoms with Crippen LogP contribution in [0.25, 0.3) is 6.08 Å². The van der Waals surface area contributed by atoms with Gasteiger partial charge in [-0.05, 0) is 30.5 Å². The Labute approximate surface area is 197 Å². The Hall–Kier alpha value is -2.65. The lowest BCUT2D eigenvalue weighted by Crippen LogP contribution is -2.30. The molecule has 0 unspecified atom stereocenters. The third-order valence-electron chi connectivity index (χ3n) is 5.80. The largest absolute Gasteiger partial charge is 0.416 e.